The zero-order valence-corrected chi connectivity index (χ0v) is 24.4. The quantitative estimate of drug-likeness (QED) is 0.242. The van der Waals surface area contributed by atoms with Crippen molar-refractivity contribution < 1.29 is 4.74 Å². The fourth-order valence-electron chi connectivity index (χ4n) is 5.26. The van der Waals surface area contributed by atoms with E-state index in [-0.39, 0.29) is 0 Å². The fraction of sp³-hybridized carbons (Fsp3) is 0.625. The van der Waals surface area contributed by atoms with Crippen LogP contribution in [0.4, 0.5) is 5.69 Å². The summed E-state index contributed by atoms with van der Waals surface area (Å²) in [6.45, 7) is 13.4. The maximum atomic E-state index is 6.35. The molecule has 1 N–H and O–H groups in total. The van der Waals surface area contributed by atoms with E-state index in [9.17, 15) is 0 Å². The molecule has 2 atom stereocenters. The van der Waals surface area contributed by atoms with Gasteiger partial charge >= 0.3 is 0 Å². The SMILES string of the molecule is CCCC(CCNc1cc(Br)ccc1CCCC(C)(C)C)COc1cccc(C(CC)C2CC2)c1. The molecule has 3 heteroatoms. The fourth-order valence-corrected chi connectivity index (χ4v) is 5.62. The molecular formula is C32H48BrNO. The molecule has 2 nitrogen and oxygen atoms in total. The highest BCUT2D eigenvalue weighted by molar-refractivity contribution is 9.10. The van der Waals surface area contributed by atoms with Gasteiger partial charge in [-0.3, -0.25) is 0 Å². The minimum Gasteiger partial charge on any atom is -0.493 e. The topological polar surface area (TPSA) is 21.3 Å². The second kappa shape index (κ2) is 13.7. The molecule has 194 valence electrons. The summed E-state index contributed by atoms with van der Waals surface area (Å²) >= 11 is 3.67. The van der Waals surface area contributed by atoms with Crippen molar-refractivity contribution in [1.82, 2.24) is 0 Å². The first-order valence-corrected chi connectivity index (χ1v) is 14.8. The van der Waals surface area contributed by atoms with Crippen LogP contribution in [-0.4, -0.2) is 13.2 Å². The Morgan fingerprint density at radius 1 is 1.06 bits per heavy atom. The van der Waals surface area contributed by atoms with Crippen LogP contribution in [0.1, 0.15) is 103 Å². The van der Waals surface area contributed by atoms with Crippen LogP contribution in [0.2, 0.25) is 0 Å². The molecule has 0 saturated heterocycles. The van der Waals surface area contributed by atoms with Gasteiger partial charge in [-0.1, -0.05) is 75.2 Å². The molecule has 0 spiro atoms. The number of ether oxygens (including phenoxy) is 1. The maximum Gasteiger partial charge on any atom is 0.119 e. The summed E-state index contributed by atoms with van der Waals surface area (Å²) in [5.41, 5.74) is 4.57. The number of benzene rings is 2. The van der Waals surface area contributed by atoms with Crippen molar-refractivity contribution in [2.75, 3.05) is 18.5 Å². The zero-order chi connectivity index (χ0) is 25.3. The molecule has 2 aromatic rings. The van der Waals surface area contributed by atoms with E-state index in [2.05, 4.69) is 98.3 Å². The zero-order valence-electron chi connectivity index (χ0n) is 22.8. The molecule has 0 aliphatic heterocycles. The standard InChI is InChI=1S/C32H48BrNO/c1-6-10-24(23-35-29-13-8-11-27(21-29)30(7-2)25-14-15-25)18-20-34-31-22-28(33)17-16-26(31)12-9-19-32(3,4)5/h8,11,13,16-17,21-22,24-25,30,34H,6-7,9-10,12,14-15,18-20,23H2,1-5H3. The van der Waals surface area contributed by atoms with E-state index in [4.69, 9.17) is 4.74 Å². The highest BCUT2D eigenvalue weighted by Crippen LogP contribution is 2.44. The average Bonchev–Trinajstić information content (AvgIpc) is 3.64. The van der Waals surface area contributed by atoms with Crippen LogP contribution in [0.25, 0.3) is 0 Å². The van der Waals surface area contributed by atoms with Crippen molar-refractivity contribution in [3.63, 3.8) is 0 Å². The van der Waals surface area contributed by atoms with Gasteiger partial charge in [0.05, 0.1) is 6.61 Å². The minimum absolute atomic E-state index is 0.394. The van der Waals surface area contributed by atoms with Crippen LogP contribution >= 0.6 is 15.9 Å². The molecule has 35 heavy (non-hydrogen) atoms. The molecule has 0 aromatic heterocycles. The predicted molar refractivity (Wildman–Crippen MR) is 156 cm³/mol. The van der Waals surface area contributed by atoms with Crippen LogP contribution < -0.4 is 10.1 Å². The second-order valence-electron chi connectivity index (χ2n) is 11.8. The lowest BCUT2D eigenvalue weighted by atomic mass is 9.89. The summed E-state index contributed by atoms with van der Waals surface area (Å²) < 4.78 is 7.49. The largest absolute Gasteiger partial charge is 0.493 e. The third kappa shape index (κ3) is 9.83. The minimum atomic E-state index is 0.394. The van der Waals surface area contributed by atoms with Crippen molar-refractivity contribution in [2.24, 2.45) is 17.3 Å². The molecule has 0 radical (unpaired) electrons. The molecule has 0 bridgehead atoms. The first-order chi connectivity index (χ1) is 16.8. The van der Waals surface area contributed by atoms with Crippen molar-refractivity contribution in [3.8, 4) is 5.75 Å². The van der Waals surface area contributed by atoms with Gasteiger partial charge in [0.15, 0.2) is 0 Å². The number of aryl methyl sites for hydroxylation is 1. The molecule has 1 saturated carbocycles. The van der Waals surface area contributed by atoms with Crippen LogP contribution in [0.5, 0.6) is 5.75 Å². The Morgan fingerprint density at radius 3 is 2.54 bits per heavy atom. The van der Waals surface area contributed by atoms with Gasteiger partial charge in [0.1, 0.15) is 5.75 Å². The average molecular weight is 543 g/mol. The van der Waals surface area contributed by atoms with E-state index in [1.807, 2.05) is 0 Å². The van der Waals surface area contributed by atoms with E-state index < -0.39 is 0 Å². The van der Waals surface area contributed by atoms with E-state index in [1.54, 1.807) is 0 Å². The summed E-state index contributed by atoms with van der Waals surface area (Å²) in [7, 11) is 0. The van der Waals surface area contributed by atoms with Gasteiger partial charge in [-0.05, 0) is 110 Å². The van der Waals surface area contributed by atoms with Crippen molar-refractivity contribution in [3.05, 3.63) is 58.1 Å². The Bertz CT molecular complexity index is 899. The van der Waals surface area contributed by atoms with Crippen LogP contribution in [-0.2, 0) is 6.42 Å². The third-order valence-electron chi connectivity index (χ3n) is 7.41. The Kier molecular flexibility index (Phi) is 11.0. The van der Waals surface area contributed by atoms with E-state index in [1.165, 1.54) is 61.8 Å². The van der Waals surface area contributed by atoms with Gasteiger partial charge in [-0.25, -0.2) is 0 Å². The molecule has 2 aromatic carbocycles. The highest BCUT2D eigenvalue weighted by atomic mass is 79.9. The van der Waals surface area contributed by atoms with Crippen molar-refractivity contribution in [1.29, 1.82) is 0 Å². The number of nitrogens with one attached hydrogen (secondary N) is 1. The Morgan fingerprint density at radius 2 is 1.86 bits per heavy atom. The van der Waals surface area contributed by atoms with Crippen molar-refractivity contribution in [2.45, 2.75) is 98.3 Å². The molecule has 0 amide bonds. The lowest BCUT2D eigenvalue weighted by Crippen LogP contribution is -2.17. The molecule has 3 rings (SSSR count). The van der Waals surface area contributed by atoms with Crippen LogP contribution in [0.15, 0.2) is 46.9 Å². The van der Waals surface area contributed by atoms with Gasteiger partial charge < -0.3 is 10.1 Å². The van der Waals surface area contributed by atoms with Crippen LogP contribution in [0, 0.1) is 17.3 Å². The summed E-state index contributed by atoms with van der Waals surface area (Å²) in [5.74, 6) is 3.21. The van der Waals surface area contributed by atoms with Gasteiger partial charge in [0, 0.05) is 16.7 Å². The maximum absolute atomic E-state index is 6.35. The first kappa shape index (κ1) is 28.1. The third-order valence-corrected chi connectivity index (χ3v) is 7.91. The summed E-state index contributed by atoms with van der Waals surface area (Å²) in [6.07, 6.45) is 11.2. The number of hydrogen-bond acceptors (Lipinski definition) is 2. The van der Waals surface area contributed by atoms with Gasteiger partial charge in [-0.15, -0.1) is 0 Å². The molecule has 1 aliphatic rings. The Balaban J connectivity index is 1.52. The van der Waals surface area contributed by atoms with Crippen molar-refractivity contribution >= 4 is 21.6 Å². The number of anilines is 1. The number of halogens is 1. The van der Waals surface area contributed by atoms with Gasteiger partial charge in [0.25, 0.3) is 0 Å². The predicted octanol–water partition coefficient (Wildman–Crippen LogP) is 10.0. The molecule has 1 aliphatic carbocycles. The Labute approximate surface area is 223 Å². The molecule has 2 unspecified atom stereocenters. The normalized spacial score (nSPS) is 15.6. The number of hydrogen-bond donors (Lipinski definition) is 1. The molecular weight excluding hydrogens is 494 g/mol. The lowest BCUT2D eigenvalue weighted by Gasteiger charge is -2.21. The monoisotopic (exact) mass is 541 g/mol. The van der Waals surface area contributed by atoms with Gasteiger partial charge in [-0.2, -0.15) is 0 Å². The molecule has 1 fully saturated rings. The molecule has 0 heterocycles. The van der Waals surface area contributed by atoms with Crippen LogP contribution in [0.3, 0.4) is 0 Å². The van der Waals surface area contributed by atoms with E-state index in [0.717, 1.165) is 42.1 Å². The highest BCUT2D eigenvalue weighted by Gasteiger charge is 2.31. The summed E-state index contributed by atoms with van der Waals surface area (Å²) in [6, 6.07) is 15.6. The number of rotatable bonds is 15. The Hall–Kier alpha value is -1.48. The van der Waals surface area contributed by atoms with E-state index >= 15 is 0 Å². The van der Waals surface area contributed by atoms with E-state index in [0.29, 0.717) is 17.3 Å². The summed E-state index contributed by atoms with van der Waals surface area (Å²) in [5, 5.41) is 3.75. The first-order valence-electron chi connectivity index (χ1n) is 14.0. The van der Waals surface area contributed by atoms with Gasteiger partial charge in [0.2, 0.25) is 0 Å². The second-order valence-corrected chi connectivity index (χ2v) is 12.7. The lowest BCUT2D eigenvalue weighted by molar-refractivity contribution is 0.233. The smallest absolute Gasteiger partial charge is 0.119 e. The summed E-state index contributed by atoms with van der Waals surface area (Å²) in [4.78, 5) is 0.